The molecule has 0 radical (unpaired) electrons. The molecule has 0 spiro atoms. The predicted molar refractivity (Wildman–Crippen MR) is 126 cm³/mol. The normalized spacial score (nSPS) is 23.4. The maximum atomic E-state index is 13.4. The van der Waals surface area contributed by atoms with Crippen LogP contribution in [-0.2, 0) is 15.1 Å². The van der Waals surface area contributed by atoms with Crippen molar-refractivity contribution in [3.63, 3.8) is 0 Å². The number of fused-ring (bicyclic) bond motifs is 2. The van der Waals surface area contributed by atoms with Gasteiger partial charge in [0, 0.05) is 0 Å². The molecule has 1 amide bonds. The second-order valence-corrected chi connectivity index (χ2v) is 8.80. The largest absolute Gasteiger partial charge is 0.481 e. The Labute approximate surface area is 193 Å². The van der Waals surface area contributed by atoms with E-state index in [0.717, 1.165) is 23.1 Å². The number of rotatable bonds is 7. The van der Waals surface area contributed by atoms with Gasteiger partial charge in [0.25, 0.3) is 0 Å². The van der Waals surface area contributed by atoms with Gasteiger partial charge in [0.15, 0.2) is 0 Å². The highest BCUT2D eigenvalue weighted by molar-refractivity contribution is 5.86. The maximum Gasteiger partial charge on any atom is 0.307 e. The van der Waals surface area contributed by atoms with Crippen LogP contribution in [0.1, 0.15) is 23.1 Å². The molecule has 33 heavy (non-hydrogen) atoms. The number of allylic oxidation sites excluding steroid dienone is 2. The Morgan fingerprint density at radius 3 is 1.55 bits per heavy atom. The molecular weight excluding hydrogens is 412 g/mol. The number of hydrogen-bond acceptors (Lipinski definition) is 3. The molecule has 2 aliphatic rings. The van der Waals surface area contributed by atoms with Gasteiger partial charge in [0.05, 0.1) is 11.8 Å². The lowest BCUT2D eigenvalue weighted by Gasteiger charge is -2.37. The minimum absolute atomic E-state index is 0.0440. The predicted octanol–water partition coefficient (Wildman–Crippen LogP) is 4.12. The second-order valence-electron chi connectivity index (χ2n) is 8.80. The minimum atomic E-state index is -0.910. The molecule has 5 heteroatoms. The van der Waals surface area contributed by atoms with Crippen molar-refractivity contribution in [2.75, 3.05) is 0 Å². The molecule has 166 valence electrons. The number of hydrogen-bond donors (Lipinski definition) is 3. The summed E-state index contributed by atoms with van der Waals surface area (Å²) in [7, 11) is 0. The number of carbonyl (C=O) groups is 2. The molecule has 3 aromatic rings. The molecule has 3 N–H and O–H groups in total. The van der Waals surface area contributed by atoms with Gasteiger partial charge in [-0.25, -0.2) is 5.43 Å². The lowest BCUT2D eigenvalue weighted by Crippen LogP contribution is -2.56. The first-order chi connectivity index (χ1) is 16.1. The number of amides is 1. The monoisotopic (exact) mass is 438 g/mol. The van der Waals surface area contributed by atoms with Gasteiger partial charge in [-0.05, 0) is 34.9 Å². The zero-order valence-corrected chi connectivity index (χ0v) is 18.1. The number of aliphatic carboxylic acids is 1. The molecule has 3 aromatic carbocycles. The van der Waals surface area contributed by atoms with Gasteiger partial charge in [0.2, 0.25) is 5.91 Å². The Morgan fingerprint density at radius 2 is 1.12 bits per heavy atom. The Bertz CT molecular complexity index is 1060. The van der Waals surface area contributed by atoms with Crippen molar-refractivity contribution in [1.29, 1.82) is 0 Å². The van der Waals surface area contributed by atoms with Crippen LogP contribution in [0.5, 0.6) is 0 Å². The lowest BCUT2D eigenvalue weighted by molar-refractivity contribution is -0.148. The highest BCUT2D eigenvalue weighted by atomic mass is 16.4. The van der Waals surface area contributed by atoms with Crippen LogP contribution in [0.25, 0.3) is 0 Å². The molecule has 5 nitrogen and oxygen atoms in total. The minimum Gasteiger partial charge on any atom is -0.481 e. The first-order valence-electron chi connectivity index (χ1n) is 11.3. The molecule has 2 aliphatic carbocycles. The van der Waals surface area contributed by atoms with Crippen molar-refractivity contribution in [2.45, 2.75) is 12.0 Å². The van der Waals surface area contributed by atoms with E-state index < -0.39 is 23.3 Å². The number of carbonyl (C=O) groups excluding carboxylic acids is 1. The van der Waals surface area contributed by atoms with E-state index in [-0.39, 0.29) is 17.7 Å². The van der Waals surface area contributed by atoms with Crippen LogP contribution >= 0.6 is 0 Å². The maximum absolute atomic E-state index is 13.4. The number of benzene rings is 3. The number of nitrogens with one attached hydrogen (secondary N) is 2. The van der Waals surface area contributed by atoms with Crippen molar-refractivity contribution >= 4 is 11.9 Å². The van der Waals surface area contributed by atoms with E-state index >= 15 is 0 Å². The lowest BCUT2D eigenvalue weighted by atomic mass is 9.77. The van der Waals surface area contributed by atoms with Crippen molar-refractivity contribution < 1.29 is 14.7 Å². The highest BCUT2D eigenvalue weighted by Gasteiger charge is 2.52. The van der Waals surface area contributed by atoms with E-state index in [1.165, 1.54) is 0 Å². The average molecular weight is 439 g/mol. The molecular formula is C28H26N2O3. The van der Waals surface area contributed by atoms with Crippen LogP contribution in [0.15, 0.2) is 103 Å². The molecule has 2 bridgehead atoms. The molecule has 0 heterocycles. The molecule has 4 atom stereocenters. The molecule has 1 saturated carbocycles. The Hall–Kier alpha value is -3.70. The fourth-order valence-electron chi connectivity index (χ4n) is 5.54. The van der Waals surface area contributed by atoms with E-state index in [2.05, 4.69) is 10.9 Å². The van der Waals surface area contributed by atoms with Crippen LogP contribution in [0.2, 0.25) is 0 Å². The first kappa shape index (κ1) is 21.2. The van der Waals surface area contributed by atoms with Gasteiger partial charge in [-0.15, -0.1) is 0 Å². The van der Waals surface area contributed by atoms with E-state index in [9.17, 15) is 14.7 Å². The summed E-state index contributed by atoms with van der Waals surface area (Å²) in [6.45, 7) is 0. The van der Waals surface area contributed by atoms with Gasteiger partial charge in [0.1, 0.15) is 5.54 Å². The van der Waals surface area contributed by atoms with Gasteiger partial charge < -0.3 is 5.11 Å². The van der Waals surface area contributed by atoms with Crippen LogP contribution in [0.3, 0.4) is 0 Å². The number of carboxylic acid groups (broad SMARTS) is 1. The van der Waals surface area contributed by atoms with Crippen molar-refractivity contribution in [1.82, 2.24) is 10.9 Å². The summed E-state index contributed by atoms with van der Waals surface area (Å²) in [5.74, 6) is -2.60. The molecule has 0 saturated heterocycles. The van der Waals surface area contributed by atoms with Crippen molar-refractivity contribution in [2.24, 2.45) is 23.7 Å². The first-order valence-corrected chi connectivity index (χ1v) is 11.3. The summed E-state index contributed by atoms with van der Waals surface area (Å²) >= 11 is 0. The number of hydrazine groups is 1. The summed E-state index contributed by atoms with van der Waals surface area (Å²) in [4.78, 5) is 25.4. The third-order valence-electron chi connectivity index (χ3n) is 7.04. The summed E-state index contributed by atoms with van der Waals surface area (Å²) in [6.07, 6.45) is 4.66. The van der Waals surface area contributed by atoms with Gasteiger partial charge in [-0.1, -0.05) is 103 Å². The summed E-state index contributed by atoms with van der Waals surface area (Å²) in [6, 6.07) is 29.9. The zero-order valence-electron chi connectivity index (χ0n) is 18.1. The smallest absolute Gasteiger partial charge is 0.307 e. The van der Waals surface area contributed by atoms with Crippen LogP contribution in [-0.4, -0.2) is 17.0 Å². The second kappa shape index (κ2) is 8.68. The Kier molecular flexibility index (Phi) is 5.56. The van der Waals surface area contributed by atoms with Gasteiger partial charge >= 0.3 is 5.97 Å². The van der Waals surface area contributed by atoms with Crippen LogP contribution < -0.4 is 10.9 Å². The SMILES string of the molecule is O=C(O)C1C2C=CC(C2)C1C(=O)NNC(c1ccccc1)(c1ccccc1)c1ccccc1. The van der Waals surface area contributed by atoms with Gasteiger partial charge in [-0.2, -0.15) is 0 Å². The molecule has 5 rings (SSSR count). The molecule has 1 fully saturated rings. The third kappa shape index (κ3) is 3.64. The summed E-state index contributed by atoms with van der Waals surface area (Å²) in [5, 5.41) is 9.78. The van der Waals surface area contributed by atoms with E-state index in [4.69, 9.17) is 0 Å². The van der Waals surface area contributed by atoms with Crippen LogP contribution in [0.4, 0.5) is 0 Å². The molecule has 4 unspecified atom stereocenters. The topological polar surface area (TPSA) is 78.4 Å². The summed E-state index contributed by atoms with van der Waals surface area (Å²) < 4.78 is 0. The fraction of sp³-hybridized carbons (Fsp3) is 0.214. The standard InChI is InChI=1S/C28H26N2O3/c31-26(24-19-16-17-20(18-19)25(24)27(32)33)29-30-28(21-10-4-1-5-11-21,22-12-6-2-7-13-22)23-14-8-3-9-15-23/h1-17,19-20,24-25,30H,18H2,(H,29,31)(H,32,33). The highest BCUT2D eigenvalue weighted by Crippen LogP contribution is 2.48. The average Bonchev–Trinajstić information content (AvgIpc) is 3.48. The summed E-state index contributed by atoms with van der Waals surface area (Å²) in [5.41, 5.74) is 8.34. The van der Waals surface area contributed by atoms with Crippen LogP contribution in [0, 0.1) is 23.7 Å². The quantitative estimate of drug-likeness (QED) is 0.295. The van der Waals surface area contributed by atoms with Gasteiger partial charge in [-0.3, -0.25) is 15.0 Å². The fourth-order valence-corrected chi connectivity index (χ4v) is 5.54. The molecule has 0 aromatic heterocycles. The van der Waals surface area contributed by atoms with Crippen molar-refractivity contribution in [3.05, 3.63) is 120 Å². The Morgan fingerprint density at radius 1 is 0.697 bits per heavy atom. The zero-order chi connectivity index (χ0) is 22.8. The van der Waals surface area contributed by atoms with E-state index in [1.807, 2.05) is 103 Å². The van der Waals surface area contributed by atoms with E-state index in [1.54, 1.807) is 0 Å². The van der Waals surface area contributed by atoms with E-state index in [0.29, 0.717) is 0 Å². The van der Waals surface area contributed by atoms with Crippen molar-refractivity contribution in [3.8, 4) is 0 Å². The molecule has 0 aliphatic heterocycles. The Balaban J connectivity index is 1.55. The third-order valence-corrected chi connectivity index (χ3v) is 7.04. The number of carboxylic acids is 1.